The number of halogens is 1. The Morgan fingerprint density at radius 2 is 2.00 bits per heavy atom. The number of aliphatic imine (C=N–C) groups is 1. The largest absolute Gasteiger partial charge is 0.486 e. The van der Waals surface area contributed by atoms with Crippen molar-refractivity contribution in [2.45, 2.75) is 45.8 Å². The first kappa shape index (κ1) is 21.9. The number of aromatic nitrogens is 1. The lowest BCUT2D eigenvalue weighted by atomic mass is 10.1. The fourth-order valence-corrected chi connectivity index (χ4v) is 3.41. The summed E-state index contributed by atoms with van der Waals surface area (Å²) in [7, 11) is 0. The van der Waals surface area contributed by atoms with Crippen LogP contribution in [0.1, 0.15) is 38.7 Å². The quantitative estimate of drug-likeness (QED) is 0.510. The molecule has 1 aliphatic rings. The lowest BCUT2D eigenvalue weighted by molar-refractivity contribution is 0.214. The number of ether oxygens (including phenoxy) is 1. The first-order chi connectivity index (χ1) is 14.7. The number of piperidine rings is 1. The smallest absolute Gasteiger partial charge is 0.191 e. The van der Waals surface area contributed by atoms with E-state index in [0.29, 0.717) is 19.0 Å². The zero-order valence-corrected chi connectivity index (χ0v) is 17.9. The molecule has 2 heterocycles. The number of anilines is 1. The molecule has 0 aliphatic carbocycles. The monoisotopic (exact) mass is 413 g/mol. The van der Waals surface area contributed by atoms with Gasteiger partial charge in [-0.2, -0.15) is 0 Å². The van der Waals surface area contributed by atoms with Crippen LogP contribution in [0.4, 0.5) is 10.2 Å². The van der Waals surface area contributed by atoms with E-state index in [2.05, 4.69) is 31.6 Å². The lowest BCUT2D eigenvalue weighted by Gasteiger charge is -2.27. The predicted octanol–water partition coefficient (Wildman–Crippen LogP) is 3.73. The highest BCUT2D eigenvalue weighted by Crippen LogP contribution is 2.19. The summed E-state index contributed by atoms with van der Waals surface area (Å²) < 4.78 is 19.4. The lowest BCUT2D eigenvalue weighted by Crippen LogP contribution is -2.41. The number of hydrogen-bond donors (Lipinski definition) is 2. The molecule has 6 nitrogen and oxygen atoms in total. The van der Waals surface area contributed by atoms with Crippen LogP contribution in [0, 0.1) is 5.82 Å². The first-order valence-corrected chi connectivity index (χ1v) is 10.8. The summed E-state index contributed by atoms with van der Waals surface area (Å²) in [6, 6.07) is 10.6. The van der Waals surface area contributed by atoms with E-state index in [1.807, 2.05) is 26.1 Å². The van der Waals surface area contributed by atoms with Gasteiger partial charge in [-0.05, 0) is 62.9 Å². The topological polar surface area (TPSA) is 61.8 Å². The maximum Gasteiger partial charge on any atom is 0.191 e. The van der Waals surface area contributed by atoms with Crippen molar-refractivity contribution in [1.29, 1.82) is 0 Å². The first-order valence-electron chi connectivity index (χ1n) is 10.8. The zero-order valence-electron chi connectivity index (χ0n) is 17.9. The molecule has 2 aromatic rings. The third kappa shape index (κ3) is 6.61. The Hall–Kier alpha value is -2.83. The van der Waals surface area contributed by atoms with Gasteiger partial charge in [-0.25, -0.2) is 14.4 Å². The number of guanidine groups is 1. The summed E-state index contributed by atoms with van der Waals surface area (Å²) in [6.07, 6.45) is 5.41. The van der Waals surface area contributed by atoms with E-state index in [1.54, 1.807) is 18.2 Å². The Balaban J connectivity index is 1.55. The van der Waals surface area contributed by atoms with Crippen molar-refractivity contribution in [3.05, 3.63) is 54.0 Å². The second kappa shape index (κ2) is 11.4. The fraction of sp³-hybridized carbons (Fsp3) is 0.478. The van der Waals surface area contributed by atoms with Crippen LogP contribution < -0.4 is 20.3 Å². The normalized spacial score (nSPS) is 15.6. The molecule has 1 aromatic carbocycles. The number of benzene rings is 1. The highest BCUT2D eigenvalue weighted by molar-refractivity contribution is 5.79. The van der Waals surface area contributed by atoms with Crippen molar-refractivity contribution in [3.8, 4) is 5.75 Å². The van der Waals surface area contributed by atoms with Crippen molar-refractivity contribution in [1.82, 2.24) is 15.6 Å². The Kier molecular flexibility index (Phi) is 8.30. The maximum absolute atomic E-state index is 13.8. The molecule has 7 heteroatoms. The van der Waals surface area contributed by atoms with Gasteiger partial charge in [0.15, 0.2) is 17.5 Å². The van der Waals surface area contributed by atoms with Crippen LogP contribution in [0.2, 0.25) is 0 Å². The van der Waals surface area contributed by atoms with E-state index >= 15 is 0 Å². The molecule has 0 bridgehead atoms. The Bertz CT molecular complexity index is 823. The molecule has 0 amide bonds. The Morgan fingerprint density at radius 1 is 1.20 bits per heavy atom. The van der Waals surface area contributed by atoms with Crippen LogP contribution in [0.15, 0.2) is 47.6 Å². The molecule has 30 heavy (non-hydrogen) atoms. The number of para-hydroxylation sites is 1. The predicted molar refractivity (Wildman–Crippen MR) is 120 cm³/mol. The molecule has 1 fully saturated rings. The van der Waals surface area contributed by atoms with E-state index in [4.69, 9.17) is 4.74 Å². The molecule has 2 N–H and O–H groups in total. The summed E-state index contributed by atoms with van der Waals surface area (Å²) in [5.41, 5.74) is 1.12. The van der Waals surface area contributed by atoms with Gasteiger partial charge in [-0.15, -0.1) is 0 Å². The summed E-state index contributed by atoms with van der Waals surface area (Å²) in [5, 5.41) is 6.52. The Labute approximate surface area is 178 Å². The van der Waals surface area contributed by atoms with Gasteiger partial charge in [0.25, 0.3) is 0 Å². The van der Waals surface area contributed by atoms with E-state index < -0.39 is 0 Å². The summed E-state index contributed by atoms with van der Waals surface area (Å²) >= 11 is 0. The minimum atomic E-state index is -0.355. The molecule has 1 unspecified atom stereocenters. The molecule has 1 saturated heterocycles. The van der Waals surface area contributed by atoms with Gasteiger partial charge < -0.3 is 20.3 Å². The van der Waals surface area contributed by atoms with Gasteiger partial charge in [0.2, 0.25) is 0 Å². The van der Waals surface area contributed by atoms with Crippen LogP contribution in [-0.2, 0) is 6.54 Å². The molecule has 0 spiro atoms. The van der Waals surface area contributed by atoms with Gasteiger partial charge >= 0.3 is 0 Å². The second-order valence-corrected chi connectivity index (χ2v) is 7.50. The van der Waals surface area contributed by atoms with Crippen molar-refractivity contribution in [3.63, 3.8) is 0 Å². The molecule has 1 aromatic heterocycles. The molecular formula is C23H32FN5O. The van der Waals surface area contributed by atoms with Crippen molar-refractivity contribution < 1.29 is 9.13 Å². The van der Waals surface area contributed by atoms with E-state index in [-0.39, 0.29) is 17.7 Å². The van der Waals surface area contributed by atoms with Gasteiger partial charge in [0.1, 0.15) is 11.9 Å². The number of nitrogens with one attached hydrogen (secondary N) is 2. The van der Waals surface area contributed by atoms with Crippen molar-refractivity contribution in [2.75, 3.05) is 31.1 Å². The maximum atomic E-state index is 13.8. The fourth-order valence-electron chi connectivity index (χ4n) is 3.41. The molecule has 0 radical (unpaired) electrons. The van der Waals surface area contributed by atoms with Crippen LogP contribution in [0.5, 0.6) is 5.75 Å². The minimum absolute atomic E-state index is 0.211. The summed E-state index contributed by atoms with van der Waals surface area (Å²) in [5.74, 6) is 1.65. The van der Waals surface area contributed by atoms with E-state index in [1.165, 1.54) is 25.3 Å². The molecule has 1 atom stereocenters. The standard InChI is InChI=1S/C23H32FN5O/c1-3-25-23(27-16-18(2)30-21-10-6-5-9-20(21)24)28-17-19-11-12-26-22(15-19)29-13-7-4-8-14-29/h5-6,9-12,15,18H,3-4,7-8,13-14,16-17H2,1-2H3,(H2,25,27,28). The van der Waals surface area contributed by atoms with E-state index in [0.717, 1.165) is 31.0 Å². The third-order valence-electron chi connectivity index (χ3n) is 4.98. The molecule has 162 valence electrons. The summed E-state index contributed by atoms with van der Waals surface area (Å²) in [4.78, 5) is 11.6. The Morgan fingerprint density at radius 3 is 2.77 bits per heavy atom. The number of nitrogens with zero attached hydrogens (tertiary/aromatic N) is 3. The molecule has 3 rings (SSSR count). The number of pyridine rings is 1. The molecular weight excluding hydrogens is 381 g/mol. The minimum Gasteiger partial charge on any atom is -0.486 e. The van der Waals surface area contributed by atoms with E-state index in [9.17, 15) is 4.39 Å². The SMILES string of the molecule is CCNC(=NCc1ccnc(N2CCCCC2)c1)NCC(C)Oc1ccccc1F. The molecule has 1 aliphatic heterocycles. The molecule has 0 saturated carbocycles. The van der Waals surface area contributed by atoms with Crippen molar-refractivity contribution >= 4 is 11.8 Å². The third-order valence-corrected chi connectivity index (χ3v) is 4.98. The zero-order chi connectivity index (χ0) is 21.2. The summed E-state index contributed by atoms with van der Waals surface area (Å²) in [6.45, 7) is 7.89. The average Bonchev–Trinajstić information content (AvgIpc) is 2.78. The second-order valence-electron chi connectivity index (χ2n) is 7.50. The van der Waals surface area contributed by atoms with Gasteiger partial charge in [0.05, 0.1) is 13.1 Å². The van der Waals surface area contributed by atoms with Crippen molar-refractivity contribution in [2.24, 2.45) is 4.99 Å². The van der Waals surface area contributed by atoms with Gasteiger partial charge in [-0.3, -0.25) is 0 Å². The van der Waals surface area contributed by atoms with Gasteiger partial charge in [0, 0.05) is 25.8 Å². The van der Waals surface area contributed by atoms with Crippen LogP contribution in [0.25, 0.3) is 0 Å². The van der Waals surface area contributed by atoms with Gasteiger partial charge in [-0.1, -0.05) is 12.1 Å². The average molecular weight is 414 g/mol. The van der Waals surface area contributed by atoms with Crippen LogP contribution in [0.3, 0.4) is 0 Å². The number of hydrogen-bond acceptors (Lipinski definition) is 4. The van der Waals surface area contributed by atoms with Crippen LogP contribution in [-0.4, -0.2) is 43.2 Å². The number of rotatable bonds is 8. The van der Waals surface area contributed by atoms with Crippen LogP contribution >= 0.6 is 0 Å². The highest BCUT2D eigenvalue weighted by Gasteiger charge is 2.12. The highest BCUT2D eigenvalue weighted by atomic mass is 19.1.